The highest BCUT2D eigenvalue weighted by atomic mass is 16.4. The maximum atomic E-state index is 8.79. The van der Waals surface area contributed by atoms with Crippen molar-refractivity contribution < 1.29 is 34.1 Å². The van der Waals surface area contributed by atoms with Gasteiger partial charge in [0.1, 0.15) is 24.7 Å². The Kier molecular flexibility index (Phi) is 14.2. The first-order valence-corrected chi connectivity index (χ1v) is 36.9. The molecule has 0 saturated heterocycles. The zero-order valence-corrected chi connectivity index (χ0v) is 64.3. The van der Waals surface area contributed by atoms with Crippen LogP contribution in [0.3, 0.4) is 0 Å². The van der Waals surface area contributed by atoms with E-state index in [-0.39, 0.29) is 6.17 Å². The summed E-state index contributed by atoms with van der Waals surface area (Å²) in [6, 6.07) is 42.9. The summed E-state index contributed by atoms with van der Waals surface area (Å²) in [6.45, 7) is 22.9. The van der Waals surface area contributed by atoms with E-state index < -0.39 is 57.2 Å². The average molecular weight is 1470 g/mol. The normalized spacial score (nSPS) is 19.7. The number of pyridine rings is 8. The molecule has 12 aromatic heterocycles. The third-order valence-electron chi connectivity index (χ3n) is 21.5. The van der Waals surface area contributed by atoms with Gasteiger partial charge < -0.3 is 56.9 Å². The minimum atomic E-state index is -2.53. The Labute approximate surface area is 657 Å². The molecular weight excluding hydrogens is 1370 g/mol. The van der Waals surface area contributed by atoms with Gasteiger partial charge in [0.05, 0.1) is 49.6 Å². The Morgan fingerprint density at radius 2 is 0.609 bits per heavy atom. The first-order valence-electron chi connectivity index (χ1n) is 42.9. The molecule has 20 nitrogen and oxygen atoms in total. The molecule has 16 aromatic rings. The Bertz CT molecular complexity index is 6470. The Morgan fingerprint density at radius 1 is 0.318 bits per heavy atom. The molecule has 4 aromatic carbocycles. The lowest BCUT2D eigenvalue weighted by Gasteiger charge is -2.33. The number of nitrogens with zero attached hydrogens (tertiary/aromatic N) is 16. The van der Waals surface area contributed by atoms with E-state index >= 15 is 0 Å². The number of hydrogen-bond donors (Lipinski definition) is 0. The van der Waals surface area contributed by atoms with Crippen LogP contribution in [0.25, 0.3) is 88.3 Å². The van der Waals surface area contributed by atoms with Crippen molar-refractivity contribution in [1.29, 1.82) is 0 Å². The molecule has 6 unspecified atom stereocenters. The lowest BCUT2D eigenvalue weighted by Crippen LogP contribution is -2.42. The number of furan rings is 4. The number of fused-ring (bicyclic) bond motifs is 16. The van der Waals surface area contributed by atoms with Crippen LogP contribution in [-0.2, 0) is 0 Å². The first-order chi connectivity index (χ1) is 57.6. The molecule has 6 atom stereocenters. The number of aryl methyl sites for hydroxylation is 8. The van der Waals surface area contributed by atoms with Gasteiger partial charge in [-0.15, -0.1) is 0 Å². The van der Waals surface area contributed by atoms with Crippen molar-refractivity contribution in [2.24, 2.45) is 0 Å². The molecule has 0 spiro atoms. The summed E-state index contributed by atoms with van der Waals surface area (Å²) in [4.78, 5) is 51.1. The first kappa shape index (κ1) is 57.8. The van der Waals surface area contributed by atoms with Crippen molar-refractivity contribution in [3.8, 4) is 0 Å². The quantitative estimate of drug-likeness (QED) is 0.147. The molecule has 16 heterocycles. The fourth-order valence-electron chi connectivity index (χ4n) is 16.5. The largest absolute Gasteiger partial charge is 0.435 e. The van der Waals surface area contributed by atoms with Crippen LogP contribution in [0.4, 0.5) is 68.8 Å². The molecule has 0 bridgehead atoms. The monoisotopic (exact) mass is 1470 g/mol. The number of aromatic nitrogens is 8. The van der Waals surface area contributed by atoms with E-state index in [1.807, 2.05) is 218 Å². The Hall–Kier alpha value is -12.3. The third-order valence-corrected chi connectivity index (χ3v) is 21.5. The predicted octanol–water partition coefficient (Wildman–Crippen LogP) is 22.0. The van der Waals surface area contributed by atoms with Crippen molar-refractivity contribution >= 4 is 157 Å². The van der Waals surface area contributed by atoms with Crippen LogP contribution in [-0.4, -0.2) is 89.6 Å². The minimum absolute atomic E-state index is 0.0837. The number of benzene rings is 4. The van der Waals surface area contributed by atoms with Crippen LogP contribution in [0.5, 0.6) is 0 Å². The van der Waals surface area contributed by atoms with Gasteiger partial charge in [-0.25, -0.2) is 39.9 Å². The fourth-order valence-corrected chi connectivity index (χ4v) is 16.5. The lowest BCUT2D eigenvalue weighted by molar-refractivity contribution is 0.597. The SMILES string of the molecule is [2H]C(C)(C)N1c2ncccc2N(c2c(C)ccc3c2oc2nc(C)ccc23)C1C.[2H]C([2H])([2H])C([2H])(C)N1c2cccnc2N(c2c(C)ccc3c2oc2nc(C)ccc23)C1C.[2H]C([2H])([2H])C([2H])(C)N1c2ncccc2N(c2c(C)ccc3c2oc2nc(C)ccc23)C1C.[2H]C([2H])([2H])N1c2ncccc2N(c2c(C)ccc3c2oc2nc(C)ccc23)C1C. The highest BCUT2D eigenvalue weighted by Crippen LogP contribution is 2.53. The van der Waals surface area contributed by atoms with Gasteiger partial charge in [-0.2, -0.15) is 0 Å². The molecule has 0 saturated carbocycles. The van der Waals surface area contributed by atoms with E-state index in [4.69, 9.17) is 34.1 Å². The molecule has 110 heavy (non-hydrogen) atoms. The molecule has 0 N–H and O–H groups in total. The van der Waals surface area contributed by atoms with Gasteiger partial charge in [-0.05, 0) is 244 Å². The van der Waals surface area contributed by atoms with Gasteiger partial charge >= 0.3 is 0 Å². The fraction of sp³-hybridized carbons (Fsp3) is 0.289. The summed E-state index contributed by atoms with van der Waals surface area (Å²) in [5.74, 6) is 2.33. The molecule has 20 rings (SSSR count). The second-order valence-electron chi connectivity index (χ2n) is 29.1. The standard InChI is InChI=1S/3C23H24N4O.C21H20N4O/c2*1-13(2)26-16(5)27(19-7-6-12-24-22(19)26)20-14(3)8-10-17-18-11-9-15(4)25-23(18)28-21(17)20;1-13(2)26-16(5)27(22-19(26)7-6-12-24-22)20-14(3)8-10-17-18-11-9-15(4)25-23(18)28-21(17)20;1-12-7-9-15-16-10-8-13(2)23-21(16)26-19(15)18(12)25-14(3)24(4)20-17(25)6-5-11-22-20/h3*6-13,16H,1-5H3;5-11,14H,1-4H3/i1D3,13D;13D;1D3,13D;4D3. The highest BCUT2D eigenvalue weighted by Gasteiger charge is 2.43. The summed E-state index contributed by atoms with van der Waals surface area (Å²) in [6.07, 6.45) is 5.21. The van der Waals surface area contributed by atoms with Gasteiger partial charge in [-0.3, -0.25) is 0 Å². The lowest BCUT2D eigenvalue weighted by atomic mass is 10.1. The molecule has 0 radical (unpaired) electrons. The Morgan fingerprint density at radius 3 is 0.964 bits per heavy atom. The van der Waals surface area contributed by atoms with E-state index in [1.54, 1.807) is 40.7 Å². The van der Waals surface area contributed by atoms with E-state index in [9.17, 15) is 0 Å². The predicted molar refractivity (Wildman–Crippen MR) is 449 cm³/mol. The molecule has 0 amide bonds. The van der Waals surface area contributed by atoms with Crippen molar-refractivity contribution in [1.82, 2.24) is 39.9 Å². The van der Waals surface area contributed by atoms with Gasteiger partial charge in [0.25, 0.3) is 0 Å². The summed E-state index contributed by atoms with van der Waals surface area (Å²) in [5.41, 5.74) is 19.4. The van der Waals surface area contributed by atoms with Crippen LogP contribution in [0, 0.1) is 55.4 Å². The van der Waals surface area contributed by atoms with Gasteiger partial charge in [0.15, 0.2) is 45.6 Å². The van der Waals surface area contributed by atoms with Crippen LogP contribution in [0.1, 0.15) is 131 Å². The van der Waals surface area contributed by atoms with E-state index in [0.717, 1.165) is 139 Å². The van der Waals surface area contributed by atoms with Crippen molar-refractivity contribution in [3.05, 3.63) is 215 Å². The number of rotatable bonds is 7. The van der Waals surface area contributed by atoms with Gasteiger partial charge in [0.2, 0.25) is 22.9 Å². The minimum Gasteiger partial charge on any atom is -0.435 e. The second-order valence-corrected chi connectivity index (χ2v) is 29.1. The topological polar surface area (TPSA) is 182 Å². The van der Waals surface area contributed by atoms with E-state index in [0.29, 0.717) is 62.7 Å². The van der Waals surface area contributed by atoms with Gasteiger partial charge in [-0.1, -0.05) is 48.5 Å². The van der Waals surface area contributed by atoms with Crippen LogP contribution in [0.2, 0.25) is 0 Å². The smallest absolute Gasteiger partial charge is 0.227 e. The maximum absolute atomic E-state index is 8.79. The van der Waals surface area contributed by atoms with Crippen molar-refractivity contribution in [2.75, 3.05) is 46.2 Å². The van der Waals surface area contributed by atoms with Crippen molar-refractivity contribution in [2.45, 2.75) is 167 Å². The summed E-state index contributed by atoms with van der Waals surface area (Å²) >= 11 is 0. The highest BCUT2D eigenvalue weighted by molar-refractivity contribution is 6.14. The summed E-state index contributed by atoms with van der Waals surface area (Å²) in [7, 11) is 0. The maximum Gasteiger partial charge on any atom is 0.227 e. The molecule has 4 aliphatic heterocycles. The zero-order chi connectivity index (χ0) is 87.0. The summed E-state index contributed by atoms with van der Waals surface area (Å²) < 4.78 is 123. The molecular formula is C90H92N16O4. The Balaban J connectivity index is 0.000000116. The molecule has 20 heteroatoms. The van der Waals surface area contributed by atoms with Crippen LogP contribution in [0.15, 0.2) is 188 Å². The zero-order valence-electron chi connectivity index (χ0n) is 76.3. The van der Waals surface area contributed by atoms with Gasteiger partial charge in [0, 0.05) is 128 Å². The second kappa shape index (κ2) is 27.1. The average Bonchev–Trinajstić information content (AvgIpc) is 1.57. The number of hydrogen-bond acceptors (Lipinski definition) is 20. The molecule has 4 aliphatic rings. The molecule has 0 fully saturated rings. The molecule has 0 aliphatic carbocycles. The van der Waals surface area contributed by atoms with E-state index in [2.05, 4.69) is 82.9 Å². The van der Waals surface area contributed by atoms with Crippen LogP contribution >= 0.6 is 0 Å². The molecule has 556 valence electrons. The van der Waals surface area contributed by atoms with E-state index in [1.165, 1.54) is 18.7 Å². The van der Waals surface area contributed by atoms with Crippen molar-refractivity contribution in [3.63, 3.8) is 0 Å². The third kappa shape index (κ3) is 11.3. The summed E-state index contributed by atoms with van der Waals surface area (Å²) in [5, 5.41) is 7.68. The van der Waals surface area contributed by atoms with Crippen LogP contribution < -0.4 is 39.2 Å². The number of anilines is 12.